The van der Waals surface area contributed by atoms with Crippen molar-refractivity contribution in [3.8, 4) is 0 Å². The van der Waals surface area contributed by atoms with Crippen molar-refractivity contribution in [3.05, 3.63) is 0 Å². The second-order valence-electron chi connectivity index (χ2n) is 12.8. The van der Waals surface area contributed by atoms with E-state index in [2.05, 4.69) is 0 Å². The lowest BCUT2D eigenvalue weighted by molar-refractivity contribution is -0.179. The SMILES string of the molecule is COC(=O)C(C)(C)C(=O)[C@H]1OC(C)(C)O[C@@H]1C[C@H](O)C[C@@H](OC(=O)C(C)(C)C)[C@@H](C)OC(=O)C(C)(C)C. The second kappa shape index (κ2) is 11.8. The number of esters is 3. The van der Waals surface area contributed by atoms with Gasteiger partial charge in [0.15, 0.2) is 11.6 Å². The summed E-state index contributed by atoms with van der Waals surface area (Å²) in [6, 6.07) is 0. The van der Waals surface area contributed by atoms with Crippen LogP contribution in [-0.2, 0) is 42.9 Å². The highest BCUT2D eigenvalue weighted by atomic mass is 16.8. The summed E-state index contributed by atoms with van der Waals surface area (Å²) in [7, 11) is 1.20. The fraction of sp³-hybridized carbons (Fsp3) is 0.852. The minimum Gasteiger partial charge on any atom is -0.468 e. The summed E-state index contributed by atoms with van der Waals surface area (Å²) >= 11 is 0. The fourth-order valence-electron chi connectivity index (χ4n) is 3.65. The Hall–Kier alpha value is -2.04. The summed E-state index contributed by atoms with van der Waals surface area (Å²) in [4.78, 5) is 50.5. The second-order valence-corrected chi connectivity index (χ2v) is 12.8. The van der Waals surface area contributed by atoms with E-state index in [-0.39, 0.29) is 12.8 Å². The molecule has 37 heavy (non-hydrogen) atoms. The molecular formula is C27H46O10. The molecule has 0 aliphatic carbocycles. The molecule has 0 aromatic heterocycles. The maximum atomic E-state index is 13.2. The Kier molecular flexibility index (Phi) is 10.5. The maximum absolute atomic E-state index is 13.2. The minimum absolute atomic E-state index is 0.0550. The van der Waals surface area contributed by atoms with Crippen molar-refractivity contribution in [2.75, 3.05) is 7.11 Å². The summed E-state index contributed by atoms with van der Waals surface area (Å²) in [6.07, 6.45) is -5.07. The van der Waals surface area contributed by atoms with Gasteiger partial charge in [0.25, 0.3) is 0 Å². The summed E-state index contributed by atoms with van der Waals surface area (Å²) in [6.45, 7) is 17.9. The van der Waals surface area contributed by atoms with Gasteiger partial charge in [-0.3, -0.25) is 19.2 Å². The van der Waals surface area contributed by atoms with E-state index in [0.29, 0.717) is 0 Å². The Morgan fingerprint density at radius 2 is 1.35 bits per heavy atom. The number of rotatable bonds is 10. The Bertz CT molecular complexity index is 846. The summed E-state index contributed by atoms with van der Waals surface area (Å²) < 4.78 is 27.7. The fourth-order valence-corrected chi connectivity index (χ4v) is 3.65. The molecule has 0 amide bonds. The van der Waals surface area contributed by atoms with Crippen LogP contribution >= 0.6 is 0 Å². The Morgan fingerprint density at radius 3 is 1.81 bits per heavy atom. The van der Waals surface area contributed by atoms with Crippen LogP contribution in [-0.4, -0.2) is 72.2 Å². The first-order valence-electron chi connectivity index (χ1n) is 12.6. The summed E-state index contributed by atoms with van der Waals surface area (Å²) in [5, 5.41) is 11.0. The number of ketones is 1. The third kappa shape index (κ3) is 9.04. The molecule has 1 saturated heterocycles. The van der Waals surface area contributed by atoms with Gasteiger partial charge in [0.1, 0.15) is 23.7 Å². The standard InChI is InChI=1S/C27H46O10/c1-15(34-21(30)24(2,3)4)17(35-22(31)25(5,6)7)13-16(28)14-18-19(37-27(10,11)36-18)20(29)26(8,9)23(32)33-12/h15-19,28H,13-14H2,1-12H3/t15-,16-,17-,18-,19+/m1/s1. The number of aliphatic hydroxyl groups is 1. The number of ether oxygens (including phenoxy) is 5. The first-order chi connectivity index (χ1) is 16.5. The highest BCUT2D eigenvalue weighted by molar-refractivity contribution is 6.05. The van der Waals surface area contributed by atoms with E-state index >= 15 is 0 Å². The van der Waals surface area contributed by atoms with Crippen molar-refractivity contribution in [1.82, 2.24) is 0 Å². The molecule has 0 aromatic carbocycles. The Morgan fingerprint density at radius 1 is 0.865 bits per heavy atom. The van der Waals surface area contributed by atoms with Crippen LogP contribution in [0.1, 0.15) is 89.0 Å². The third-order valence-electron chi connectivity index (χ3n) is 6.06. The van der Waals surface area contributed by atoms with Crippen LogP contribution in [0.5, 0.6) is 0 Å². The summed E-state index contributed by atoms with van der Waals surface area (Å²) in [5.41, 5.74) is -3.08. The van der Waals surface area contributed by atoms with Crippen LogP contribution in [0, 0.1) is 16.2 Å². The monoisotopic (exact) mass is 530 g/mol. The molecular weight excluding hydrogens is 484 g/mol. The number of aliphatic hydroxyl groups excluding tert-OH is 1. The van der Waals surface area contributed by atoms with Crippen molar-refractivity contribution in [3.63, 3.8) is 0 Å². The maximum Gasteiger partial charge on any atom is 0.318 e. The van der Waals surface area contributed by atoms with Crippen molar-refractivity contribution in [2.45, 2.75) is 125 Å². The van der Waals surface area contributed by atoms with Gasteiger partial charge in [-0.2, -0.15) is 0 Å². The molecule has 10 nitrogen and oxygen atoms in total. The van der Waals surface area contributed by atoms with E-state index in [1.165, 1.54) is 21.0 Å². The molecule has 0 radical (unpaired) electrons. The normalized spacial score (nSPS) is 22.5. The van der Waals surface area contributed by atoms with Gasteiger partial charge >= 0.3 is 17.9 Å². The van der Waals surface area contributed by atoms with Gasteiger partial charge in [-0.25, -0.2) is 0 Å². The van der Waals surface area contributed by atoms with Gasteiger partial charge in [-0.1, -0.05) is 0 Å². The van der Waals surface area contributed by atoms with Crippen LogP contribution in [0.15, 0.2) is 0 Å². The highest BCUT2D eigenvalue weighted by Gasteiger charge is 2.52. The number of carbonyl (C=O) groups is 4. The van der Waals surface area contributed by atoms with E-state index in [9.17, 15) is 24.3 Å². The van der Waals surface area contributed by atoms with Gasteiger partial charge in [0.05, 0.1) is 30.1 Å². The van der Waals surface area contributed by atoms with Crippen LogP contribution in [0.25, 0.3) is 0 Å². The lowest BCUT2D eigenvalue weighted by Crippen LogP contribution is -2.46. The van der Waals surface area contributed by atoms with Crippen molar-refractivity contribution < 1.29 is 48.0 Å². The minimum atomic E-state index is -1.49. The topological polar surface area (TPSA) is 135 Å². The molecule has 0 bridgehead atoms. The Labute approximate surface area is 220 Å². The van der Waals surface area contributed by atoms with E-state index in [0.717, 1.165) is 0 Å². The molecule has 5 atom stereocenters. The molecule has 1 rings (SSSR count). The number of hydrogen-bond acceptors (Lipinski definition) is 10. The molecule has 0 spiro atoms. The zero-order valence-corrected chi connectivity index (χ0v) is 24.4. The van der Waals surface area contributed by atoms with Crippen LogP contribution < -0.4 is 0 Å². The van der Waals surface area contributed by atoms with Gasteiger partial charge in [-0.05, 0) is 76.2 Å². The smallest absolute Gasteiger partial charge is 0.318 e. The third-order valence-corrected chi connectivity index (χ3v) is 6.06. The van der Waals surface area contributed by atoms with Crippen LogP contribution in [0.2, 0.25) is 0 Å². The van der Waals surface area contributed by atoms with E-state index in [1.807, 2.05) is 0 Å². The molecule has 0 unspecified atom stereocenters. The van der Waals surface area contributed by atoms with Crippen molar-refractivity contribution >= 4 is 23.7 Å². The first-order valence-corrected chi connectivity index (χ1v) is 12.6. The molecule has 1 fully saturated rings. The molecule has 1 heterocycles. The quantitative estimate of drug-likeness (QED) is 0.254. The summed E-state index contributed by atoms with van der Waals surface area (Å²) in [5.74, 6) is -3.38. The number of Topliss-reactive ketones (excluding diaryl/α,β-unsaturated/α-hetero) is 1. The molecule has 0 saturated carbocycles. The van der Waals surface area contributed by atoms with Crippen molar-refractivity contribution in [1.29, 1.82) is 0 Å². The highest BCUT2D eigenvalue weighted by Crippen LogP contribution is 2.36. The van der Waals surface area contributed by atoms with Gasteiger partial charge < -0.3 is 28.8 Å². The van der Waals surface area contributed by atoms with E-state index in [4.69, 9.17) is 23.7 Å². The van der Waals surface area contributed by atoms with Gasteiger partial charge in [0, 0.05) is 12.8 Å². The van der Waals surface area contributed by atoms with Gasteiger partial charge in [0.2, 0.25) is 0 Å². The van der Waals surface area contributed by atoms with E-state index < -0.39 is 76.2 Å². The first kappa shape index (κ1) is 33.0. The number of hydrogen-bond donors (Lipinski definition) is 1. The Balaban J connectivity index is 3.12. The average Bonchev–Trinajstić information content (AvgIpc) is 3.03. The van der Waals surface area contributed by atoms with Crippen LogP contribution in [0.3, 0.4) is 0 Å². The molecule has 1 aliphatic heterocycles. The zero-order valence-electron chi connectivity index (χ0n) is 24.4. The predicted molar refractivity (Wildman–Crippen MR) is 134 cm³/mol. The molecule has 1 N–H and O–H groups in total. The molecule has 10 heteroatoms. The average molecular weight is 531 g/mol. The zero-order chi connectivity index (χ0) is 29.1. The van der Waals surface area contributed by atoms with Gasteiger partial charge in [-0.15, -0.1) is 0 Å². The largest absolute Gasteiger partial charge is 0.468 e. The number of methoxy groups -OCH3 is 1. The predicted octanol–water partition coefficient (Wildman–Crippen LogP) is 3.35. The van der Waals surface area contributed by atoms with Crippen molar-refractivity contribution in [2.24, 2.45) is 16.2 Å². The lowest BCUT2D eigenvalue weighted by Gasteiger charge is -2.31. The molecule has 214 valence electrons. The van der Waals surface area contributed by atoms with Crippen LogP contribution in [0.4, 0.5) is 0 Å². The molecule has 1 aliphatic rings. The lowest BCUT2D eigenvalue weighted by atomic mass is 9.82. The van der Waals surface area contributed by atoms with E-state index in [1.54, 1.807) is 62.3 Å². The molecule has 0 aromatic rings. The number of carbonyl (C=O) groups excluding carboxylic acids is 4.